The minimum absolute atomic E-state index is 0.166. The summed E-state index contributed by atoms with van der Waals surface area (Å²) >= 11 is 0. The van der Waals surface area contributed by atoms with Gasteiger partial charge in [-0.1, -0.05) is 13.8 Å². The fraction of sp³-hybridized carbons (Fsp3) is 0.667. The molecular weight excluding hydrogens is 272 g/mol. The molecule has 1 N–H and O–H groups in total. The minimum atomic E-state index is -0.930. The van der Waals surface area contributed by atoms with E-state index in [1.807, 2.05) is 13.8 Å². The lowest BCUT2D eigenvalue weighted by atomic mass is 9.96. The molecule has 0 saturated heterocycles. The summed E-state index contributed by atoms with van der Waals surface area (Å²) in [5.41, 5.74) is 1.37. The Morgan fingerprint density at radius 3 is 2.33 bits per heavy atom. The summed E-state index contributed by atoms with van der Waals surface area (Å²) in [4.78, 5) is 27.6. The van der Waals surface area contributed by atoms with Crippen molar-refractivity contribution in [2.75, 3.05) is 13.7 Å². The summed E-state index contributed by atoms with van der Waals surface area (Å²) < 4.78 is 6.77. The molecule has 0 aliphatic heterocycles. The van der Waals surface area contributed by atoms with Crippen molar-refractivity contribution in [1.82, 2.24) is 9.55 Å². The van der Waals surface area contributed by atoms with E-state index in [9.17, 15) is 14.7 Å². The van der Waals surface area contributed by atoms with Crippen molar-refractivity contribution in [1.29, 1.82) is 0 Å². The van der Waals surface area contributed by atoms with Crippen LogP contribution in [0.4, 0.5) is 0 Å². The van der Waals surface area contributed by atoms with Crippen molar-refractivity contribution in [3.05, 3.63) is 27.4 Å². The number of ether oxygens (including phenoxy) is 1. The highest BCUT2D eigenvalue weighted by Gasteiger charge is 2.26. The summed E-state index contributed by atoms with van der Waals surface area (Å²) in [6, 6.07) is -0.171. The Bertz CT molecular complexity index is 578. The number of hydrogen-bond acceptors (Lipinski definition) is 4. The Morgan fingerprint density at radius 1 is 1.33 bits per heavy atom. The number of aryl methyl sites for hydroxylation is 1. The van der Waals surface area contributed by atoms with Gasteiger partial charge in [0.15, 0.2) is 0 Å². The molecule has 2 unspecified atom stereocenters. The average molecular weight is 296 g/mol. The molecule has 2 atom stereocenters. The van der Waals surface area contributed by atoms with Gasteiger partial charge in [0, 0.05) is 24.1 Å². The number of carboxylic acids is 1. The molecule has 0 fully saturated rings. The molecule has 1 aromatic rings. The molecule has 0 saturated carbocycles. The highest BCUT2D eigenvalue weighted by atomic mass is 16.5. The van der Waals surface area contributed by atoms with Crippen LogP contribution in [0.25, 0.3) is 0 Å². The SMILES string of the molecule is COCC(C(C)C)n1c(C)c(C(C)C(=O)O)c(C)nc1=O. The molecule has 1 heterocycles. The topological polar surface area (TPSA) is 81.4 Å². The van der Waals surface area contributed by atoms with Crippen LogP contribution in [0.15, 0.2) is 4.79 Å². The predicted octanol–water partition coefficient (Wildman–Crippen LogP) is 1.89. The fourth-order valence-corrected chi connectivity index (χ4v) is 2.67. The van der Waals surface area contributed by atoms with Crippen LogP contribution in [0.1, 0.15) is 49.7 Å². The van der Waals surface area contributed by atoms with E-state index in [1.54, 1.807) is 32.4 Å². The lowest BCUT2D eigenvalue weighted by molar-refractivity contribution is -0.138. The predicted molar refractivity (Wildman–Crippen MR) is 79.8 cm³/mol. The van der Waals surface area contributed by atoms with Crippen LogP contribution >= 0.6 is 0 Å². The van der Waals surface area contributed by atoms with Crippen molar-refractivity contribution in [2.24, 2.45) is 5.92 Å². The molecule has 1 rings (SSSR count). The normalized spacial score (nSPS) is 14.2. The fourth-order valence-electron chi connectivity index (χ4n) is 2.67. The molecule has 0 spiro atoms. The van der Waals surface area contributed by atoms with Gasteiger partial charge in [-0.05, 0) is 26.7 Å². The molecule has 0 radical (unpaired) electrons. The van der Waals surface area contributed by atoms with Crippen molar-refractivity contribution in [3.63, 3.8) is 0 Å². The van der Waals surface area contributed by atoms with E-state index in [0.717, 1.165) is 0 Å². The zero-order valence-corrected chi connectivity index (χ0v) is 13.5. The van der Waals surface area contributed by atoms with Crippen LogP contribution in [-0.4, -0.2) is 34.3 Å². The van der Waals surface area contributed by atoms with Crippen LogP contribution in [0.5, 0.6) is 0 Å². The Hall–Kier alpha value is -1.69. The summed E-state index contributed by atoms with van der Waals surface area (Å²) in [6.45, 7) is 9.43. The largest absolute Gasteiger partial charge is 0.481 e. The number of hydrogen-bond donors (Lipinski definition) is 1. The number of methoxy groups -OCH3 is 1. The van der Waals surface area contributed by atoms with Crippen molar-refractivity contribution < 1.29 is 14.6 Å². The number of nitrogens with zero attached hydrogens (tertiary/aromatic N) is 2. The third-order valence-corrected chi connectivity index (χ3v) is 3.85. The lowest BCUT2D eigenvalue weighted by Crippen LogP contribution is -2.36. The van der Waals surface area contributed by atoms with Gasteiger partial charge in [-0.2, -0.15) is 4.98 Å². The molecule has 0 bridgehead atoms. The van der Waals surface area contributed by atoms with Gasteiger partial charge >= 0.3 is 11.7 Å². The molecule has 118 valence electrons. The first-order valence-corrected chi connectivity index (χ1v) is 7.03. The van der Waals surface area contributed by atoms with Crippen LogP contribution in [0, 0.1) is 19.8 Å². The first kappa shape index (κ1) is 17.4. The van der Waals surface area contributed by atoms with Gasteiger partial charge in [-0.3, -0.25) is 9.36 Å². The summed E-state index contributed by atoms with van der Waals surface area (Å²) in [7, 11) is 1.58. The summed E-state index contributed by atoms with van der Waals surface area (Å²) in [5.74, 6) is -1.47. The van der Waals surface area contributed by atoms with Gasteiger partial charge in [0.1, 0.15) is 0 Å². The van der Waals surface area contributed by atoms with E-state index in [1.165, 1.54) is 0 Å². The van der Waals surface area contributed by atoms with Gasteiger partial charge in [0.2, 0.25) is 0 Å². The second-order valence-corrected chi connectivity index (χ2v) is 5.68. The highest BCUT2D eigenvalue weighted by molar-refractivity contribution is 5.76. The van der Waals surface area contributed by atoms with E-state index in [2.05, 4.69) is 4.98 Å². The van der Waals surface area contributed by atoms with Crippen molar-refractivity contribution in [3.8, 4) is 0 Å². The van der Waals surface area contributed by atoms with Crippen molar-refractivity contribution >= 4 is 5.97 Å². The Balaban J connectivity index is 3.56. The third-order valence-electron chi connectivity index (χ3n) is 3.85. The maximum Gasteiger partial charge on any atom is 0.348 e. The lowest BCUT2D eigenvalue weighted by Gasteiger charge is -2.27. The smallest absolute Gasteiger partial charge is 0.348 e. The van der Waals surface area contributed by atoms with E-state index in [4.69, 9.17) is 4.74 Å². The van der Waals surface area contributed by atoms with Crippen LogP contribution in [0.2, 0.25) is 0 Å². The van der Waals surface area contributed by atoms with Gasteiger partial charge in [-0.25, -0.2) is 4.79 Å². The van der Waals surface area contributed by atoms with Crippen LogP contribution in [-0.2, 0) is 9.53 Å². The summed E-state index contributed by atoms with van der Waals surface area (Å²) in [5, 5.41) is 9.26. The van der Waals surface area contributed by atoms with Crippen molar-refractivity contribution in [2.45, 2.75) is 46.6 Å². The second kappa shape index (κ2) is 6.85. The zero-order chi connectivity index (χ0) is 16.3. The molecule has 21 heavy (non-hydrogen) atoms. The van der Waals surface area contributed by atoms with Gasteiger partial charge in [0.05, 0.1) is 18.6 Å². The monoisotopic (exact) mass is 296 g/mol. The molecule has 1 aromatic heterocycles. The minimum Gasteiger partial charge on any atom is -0.481 e. The maximum atomic E-state index is 12.3. The van der Waals surface area contributed by atoms with E-state index in [-0.39, 0.29) is 17.6 Å². The molecule has 0 aliphatic carbocycles. The molecule has 0 aromatic carbocycles. The summed E-state index contributed by atoms with van der Waals surface area (Å²) in [6.07, 6.45) is 0. The number of carbonyl (C=O) groups is 1. The average Bonchev–Trinajstić information content (AvgIpc) is 2.36. The first-order valence-electron chi connectivity index (χ1n) is 7.03. The number of aliphatic carboxylic acids is 1. The second-order valence-electron chi connectivity index (χ2n) is 5.68. The maximum absolute atomic E-state index is 12.3. The first-order chi connectivity index (χ1) is 9.72. The zero-order valence-electron chi connectivity index (χ0n) is 13.5. The number of carboxylic acid groups (broad SMARTS) is 1. The molecule has 6 nitrogen and oxygen atoms in total. The van der Waals surface area contributed by atoms with E-state index in [0.29, 0.717) is 23.6 Å². The van der Waals surface area contributed by atoms with Gasteiger partial charge in [0.25, 0.3) is 0 Å². The van der Waals surface area contributed by atoms with Gasteiger partial charge < -0.3 is 9.84 Å². The van der Waals surface area contributed by atoms with Crippen LogP contribution in [0.3, 0.4) is 0 Å². The molecule has 0 aliphatic rings. The Morgan fingerprint density at radius 2 is 1.90 bits per heavy atom. The quantitative estimate of drug-likeness (QED) is 0.867. The third kappa shape index (κ3) is 3.50. The molecular formula is C15H24N2O4. The Kier molecular flexibility index (Phi) is 5.66. The van der Waals surface area contributed by atoms with Crippen LogP contribution < -0.4 is 5.69 Å². The Labute approximate surface area is 124 Å². The molecule has 0 amide bonds. The van der Waals surface area contributed by atoms with E-state index < -0.39 is 11.9 Å². The number of rotatable bonds is 6. The molecule has 6 heteroatoms. The number of aromatic nitrogens is 2. The highest BCUT2D eigenvalue weighted by Crippen LogP contribution is 2.25. The standard InChI is InChI=1S/C15H24N2O4/c1-8(2)12(7-21-6)17-11(5)13(9(3)14(18)19)10(4)16-15(17)20/h8-9,12H,7H2,1-6H3,(H,18,19). The van der Waals surface area contributed by atoms with Gasteiger partial charge in [-0.15, -0.1) is 0 Å². The van der Waals surface area contributed by atoms with E-state index >= 15 is 0 Å².